The largest absolute Gasteiger partial charge is 0.396 e. The van der Waals surface area contributed by atoms with Crippen LogP contribution in [0.5, 0.6) is 0 Å². The van der Waals surface area contributed by atoms with Crippen LogP contribution in [0.1, 0.15) is 12.8 Å². The van der Waals surface area contributed by atoms with Gasteiger partial charge in [0.25, 0.3) is 0 Å². The highest BCUT2D eigenvalue weighted by Crippen LogP contribution is 2.29. The van der Waals surface area contributed by atoms with Gasteiger partial charge in [0.1, 0.15) is 0 Å². The standard InChI is InChI=1S/C7H12O2/c1-5-6(4-8)2-3-7(5)9/h6-9H,1-4H2/t6-,7-/m0/s1. The molecule has 1 saturated carbocycles. The lowest BCUT2D eigenvalue weighted by Gasteiger charge is -2.06. The van der Waals surface area contributed by atoms with Crippen LogP contribution in [0.3, 0.4) is 0 Å². The van der Waals surface area contributed by atoms with Gasteiger partial charge in [-0.2, -0.15) is 0 Å². The van der Waals surface area contributed by atoms with Crippen molar-refractivity contribution in [1.82, 2.24) is 0 Å². The van der Waals surface area contributed by atoms with Crippen molar-refractivity contribution in [2.45, 2.75) is 18.9 Å². The third kappa shape index (κ3) is 1.14. The maximum absolute atomic E-state index is 9.09. The van der Waals surface area contributed by atoms with E-state index in [1.54, 1.807) is 0 Å². The van der Waals surface area contributed by atoms with E-state index in [4.69, 9.17) is 10.2 Å². The molecule has 2 heteroatoms. The minimum Gasteiger partial charge on any atom is -0.396 e. The lowest BCUT2D eigenvalue weighted by atomic mass is 10.1. The average molecular weight is 128 g/mol. The number of rotatable bonds is 1. The highest BCUT2D eigenvalue weighted by atomic mass is 16.3. The van der Waals surface area contributed by atoms with Crippen LogP contribution in [0.4, 0.5) is 0 Å². The predicted molar refractivity (Wildman–Crippen MR) is 35.0 cm³/mol. The van der Waals surface area contributed by atoms with Crippen LogP contribution in [-0.2, 0) is 0 Å². The molecular formula is C7H12O2. The quantitative estimate of drug-likeness (QED) is 0.499. The smallest absolute Gasteiger partial charge is 0.0751 e. The van der Waals surface area contributed by atoms with Gasteiger partial charge in [-0.15, -0.1) is 0 Å². The van der Waals surface area contributed by atoms with Gasteiger partial charge < -0.3 is 10.2 Å². The highest BCUT2D eigenvalue weighted by molar-refractivity contribution is 5.12. The molecule has 0 aromatic heterocycles. The molecule has 0 aromatic carbocycles. The van der Waals surface area contributed by atoms with E-state index in [2.05, 4.69) is 6.58 Å². The van der Waals surface area contributed by atoms with Gasteiger partial charge >= 0.3 is 0 Å². The molecule has 0 spiro atoms. The first kappa shape index (κ1) is 6.78. The molecule has 1 aliphatic carbocycles. The van der Waals surface area contributed by atoms with Crippen molar-refractivity contribution in [3.63, 3.8) is 0 Å². The van der Waals surface area contributed by atoms with E-state index in [-0.39, 0.29) is 18.6 Å². The zero-order valence-electron chi connectivity index (χ0n) is 5.38. The molecule has 0 saturated heterocycles. The Balaban J connectivity index is 2.51. The second kappa shape index (κ2) is 2.50. The Morgan fingerprint density at radius 3 is 2.44 bits per heavy atom. The number of hydrogen-bond acceptors (Lipinski definition) is 2. The summed E-state index contributed by atoms with van der Waals surface area (Å²) in [5.41, 5.74) is 0.803. The van der Waals surface area contributed by atoms with E-state index < -0.39 is 0 Å². The Morgan fingerprint density at radius 2 is 2.22 bits per heavy atom. The molecule has 2 atom stereocenters. The third-order valence-corrected chi connectivity index (χ3v) is 1.96. The van der Waals surface area contributed by atoms with Crippen molar-refractivity contribution in [2.75, 3.05) is 6.61 Å². The summed E-state index contributed by atoms with van der Waals surface area (Å²) in [4.78, 5) is 0. The van der Waals surface area contributed by atoms with Crippen LogP contribution in [-0.4, -0.2) is 22.9 Å². The lowest BCUT2D eigenvalue weighted by molar-refractivity contribution is 0.213. The molecule has 0 aromatic rings. The first-order valence-corrected chi connectivity index (χ1v) is 3.23. The normalized spacial score (nSPS) is 35.6. The fourth-order valence-corrected chi connectivity index (χ4v) is 1.21. The Labute approximate surface area is 54.8 Å². The van der Waals surface area contributed by atoms with Crippen LogP contribution in [0.15, 0.2) is 12.2 Å². The molecule has 1 aliphatic rings. The summed E-state index contributed by atoms with van der Waals surface area (Å²) in [7, 11) is 0. The van der Waals surface area contributed by atoms with Gasteiger partial charge in [0, 0.05) is 12.5 Å². The van der Waals surface area contributed by atoms with Crippen molar-refractivity contribution >= 4 is 0 Å². The minimum absolute atomic E-state index is 0.135. The molecule has 9 heavy (non-hydrogen) atoms. The molecule has 2 N–H and O–H groups in total. The van der Waals surface area contributed by atoms with Gasteiger partial charge in [0.15, 0.2) is 0 Å². The number of aliphatic hydroxyl groups excluding tert-OH is 2. The Kier molecular flexibility index (Phi) is 1.88. The van der Waals surface area contributed by atoms with Crippen molar-refractivity contribution in [3.8, 4) is 0 Å². The molecule has 0 heterocycles. The summed E-state index contributed by atoms with van der Waals surface area (Å²) in [6.45, 7) is 3.81. The van der Waals surface area contributed by atoms with Gasteiger partial charge in [-0.05, 0) is 18.4 Å². The van der Waals surface area contributed by atoms with Crippen LogP contribution < -0.4 is 0 Å². The van der Waals surface area contributed by atoms with Crippen molar-refractivity contribution in [3.05, 3.63) is 12.2 Å². The molecule has 1 fully saturated rings. The maximum atomic E-state index is 9.09. The summed E-state index contributed by atoms with van der Waals surface area (Å²) in [6.07, 6.45) is 1.29. The van der Waals surface area contributed by atoms with Gasteiger partial charge in [0.05, 0.1) is 6.10 Å². The van der Waals surface area contributed by atoms with Crippen LogP contribution in [0.25, 0.3) is 0 Å². The fraction of sp³-hybridized carbons (Fsp3) is 0.714. The first-order chi connectivity index (χ1) is 4.25. The monoisotopic (exact) mass is 128 g/mol. The average Bonchev–Trinajstić information content (AvgIpc) is 2.15. The van der Waals surface area contributed by atoms with Gasteiger partial charge in [-0.25, -0.2) is 0 Å². The highest BCUT2D eigenvalue weighted by Gasteiger charge is 2.25. The van der Waals surface area contributed by atoms with Crippen LogP contribution in [0.2, 0.25) is 0 Å². The van der Waals surface area contributed by atoms with Crippen LogP contribution in [0, 0.1) is 5.92 Å². The Bertz CT molecular complexity index is 120. The zero-order chi connectivity index (χ0) is 6.85. The van der Waals surface area contributed by atoms with E-state index >= 15 is 0 Å². The molecule has 0 radical (unpaired) electrons. The fourth-order valence-electron chi connectivity index (χ4n) is 1.21. The molecule has 0 unspecified atom stereocenters. The SMILES string of the molecule is C=C1[C@H](CO)CC[C@@H]1O. The van der Waals surface area contributed by atoms with Crippen molar-refractivity contribution in [2.24, 2.45) is 5.92 Å². The van der Waals surface area contributed by atoms with E-state index in [9.17, 15) is 0 Å². The molecule has 0 bridgehead atoms. The van der Waals surface area contributed by atoms with Crippen LogP contribution >= 0.6 is 0 Å². The first-order valence-electron chi connectivity index (χ1n) is 3.23. The molecule has 52 valence electrons. The summed E-state index contributed by atoms with van der Waals surface area (Å²) in [5, 5.41) is 17.8. The number of aliphatic hydroxyl groups is 2. The van der Waals surface area contributed by atoms with Gasteiger partial charge in [-0.3, -0.25) is 0 Å². The molecule has 0 aliphatic heterocycles. The van der Waals surface area contributed by atoms with Crippen molar-refractivity contribution < 1.29 is 10.2 Å². The van der Waals surface area contributed by atoms with Crippen molar-refractivity contribution in [1.29, 1.82) is 0 Å². The summed E-state index contributed by atoms with van der Waals surface area (Å²) < 4.78 is 0. The molecule has 1 rings (SSSR count). The van der Waals surface area contributed by atoms with E-state index in [1.165, 1.54) is 0 Å². The minimum atomic E-state index is -0.359. The summed E-state index contributed by atoms with van der Waals surface area (Å²) in [5.74, 6) is 0.153. The summed E-state index contributed by atoms with van der Waals surface area (Å²) in [6, 6.07) is 0. The Hall–Kier alpha value is -0.340. The second-order valence-corrected chi connectivity index (χ2v) is 2.55. The van der Waals surface area contributed by atoms with E-state index in [1.807, 2.05) is 0 Å². The lowest BCUT2D eigenvalue weighted by Crippen LogP contribution is -2.07. The zero-order valence-corrected chi connectivity index (χ0v) is 5.38. The summed E-state index contributed by atoms with van der Waals surface area (Å²) >= 11 is 0. The van der Waals surface area contributed by atoms with Gasteiger partial charge in [0.2, 0.25) is 0 Å². The topological polar surface area (TPSA) is 40.5 Å². The Morgan fingerprint density at radius 1 is 1.56 bits per heavy atom. The molecule has 2 nitrogen and oxygen atoms in total. The molecular weight excluding hydrogens is 116 g/mol. The third-order valence-electron chi connectivity index (χ3n) is 1.96. The number of hydrogen-bond donors (Lipinski definition) is 2. The van der Waals surface area contributed by atoms with Gasteiger partial charge in [-0.1, -0.05) is 6.58 Å². The van der Waals surface area contributed by atoms with E-state index in [0.29, 0.717) is 0 Å². The molecule has 0 amide bonds. The second-order valence-electron chi connectivity index (χ2n) is 2.55. The maximum Gasteiger partial charge on any atom is 0.0751 e. The van der Waals surface area contributed by atoms with E-state index in [0.717, 1.165) is 18.4 Å². The predicted octanol–water partition coefficient (Wildman–Crippen LogP) is 0.306.